The first-order chi connectivity index (χ1) is 15.6. The molecule has 174 valence electrons. The van der Waals surface area contributed by atoms with E-state index < -0.39 is 0 Å². The van der Waals surface area contributed by atoms with Crippen molar-refractivity contribution in [1.29, 1.82) is 5.26 Å². The SMILES string of the molecule is CN=C(NCCCc1nn(-c2ccccc2)c(N)c1C#N)NCc1ccc(C)cc1OC.I. The van der Waals surface area contributed by atoms with Crippen molar-refractivity contribution in [3.05, 3.63) is 70.9 Å². The largest absolute Gasteiger partial charge is 0.496 e. The molecule has 0 aliphatic rings. The number of para-hydroxylation sites is 1. The maximum atomic E-state index is 9.54. The molecule has 33 heavy (non-hydrogen) atoms. The van der Waals surface area contributed by atoms with E-state index in [1.165, 1.54) is 0 Å². The molecule has 9 heteroatoms. The lowest BCUT2D eigenvalue weighted by Crippen LogP contribution is -2.37. The minimum atomic E-state index is 0. The van der Waals surface area contributed by atoms with Gasteiger partial charge < -0.3 is 21.1 Å². The third-order valence-electron chi connectivity index (χ3n) is 5.10. The van der Waals surface area contributed by atoms with Crippen molar-refractivity contribution in [3.63, 3.8) is 0 Å². The lowest BCUT2D eigenvalue weighted by atomic mass is 10.1. The number of hydrogen-bond donors (Lipinski definition) is 3. The smallest absolute Gasteiger partial charge is 0.191 e. The van der Waals surface area contributed by atoms with Gasteiger partial charge in [0.15, 0.2) is 5.96 Å². The average molecular weight is 559 g/mol. The first-order valence-electron chi connectivity index (χ1n) is 10.5. The van der Waals surface area contributed by atoms with Crippen molar-refractivity contribution in [2.45, 2.75) is 26.3 Å². The van der Waals surface area contributed by atoms with Gasteiger partial charge in [-0.25, -0.2) is 4.68 Å². The summed E-state index contributed by atoms with van der Waals surface area (Å²) in [4.78, 5) is 4.27. The number of hydrogen-bond acceptors (Lipinski definition) is 5. The van der Waals surface area contributed by atoms with Gasteiger partial charge in [-0.05, 0) is 43.5 Å². The molecule has 3 rings (SSSR count). The highest BCUT2D eigenvalue weighted by molar-refractivity contribution is 14.0. The molecule has 0 bridgehead atoms. The summed E-state index contributed by atoms with van der Waals surface area (Å²) in [5.74, 6) is 1.91. The number of ether oxygens (including phenoxy) is 1. The van der Waals surface area contributed by atoms with E-state index in [2.05, 4.69) is 32.9 Å². The van der Waals surface area contributed by atoms with Gasteiger partial charge in [-0.1, -0.05) is 30.3 Å². The molecule has 1 heterocycles. The zero-order chi connectivity index (χ0) is 22.9. The number of halogens is 1. The molecule has 0 aliphatic heterocycles. The van der Waals surface area contributed by atoms with Gasteiger partial charge in [0, 0.05) is 25.7 Å². The van der Waals surface area contributed by atoms with Crippen LogP contribution in [0.5, 0.6) is 5.75 Å². The molecule has 0 amide bonds. The van der Waals surface area contributed by atoms with Gasteiger partial charge in [0.05, 0.1) is 18.5 Å². The molecule has 0 atom stereocenters. The highest BCUT2D eigenvalue weighted by atomic mass is 127. The van der Waals surface area contributed by atoms with E-state index in [-0.39, 0.29) is 24.0 Å². The van der Waals surface area contributed by atoms with Crippen molar-refractivity contribution in [2.24, 2.45) is 4.99 Å². The zero-order valence-corrected chi connectivity index (χ0v) is 21.5. The third kappa shape index (κ3) is 6.61. The Morgan fingerprint density at radius 1 is 1.21 bits per heavy atom. The van der Waals surface area contributed by atoms with Crippen LogP contribution >= 0.6 is 24.0 Å². The van der Waals surface area contributed by atoms with Gasteiger partial charge in [0.1, 0.15) is 23.2 Å². The molecule has 1 aromatic heterocycles. The van der Waals surface area contributed by atoms with Crippen molar-refractivity contribution in [2.75, 3.05) is 26.4 Å². The molecular weight excluding hydrogens is 529 g/mol. The average Bonchev–Trinajstić information content (AvgIpc) is 3.14. The highest BCUT2D eigenvalue weighted by Gasteiger charge is 2.16. The summed E-state index contributed by atoms with van der Waals surface area (Å²) in [5.41, 5.74) is 10.3. The van der Waals surface area contributed by atoms with E-state index in [1.807, 2.05) is 49.4 Å². The van der Waals surface area contributed by atoms with Crippen LogP contribution in [0.15, 0.2) is 53.5 Å². The Kier molecular flexibility index (Phi) is 10.00. The topological polar surface area (TPSA) is 113 Å². The molecular formula is C24H30IN7O. The van der Waals surface area contributed by atoms with Crippen LogP contribution in [0, 0.1) is 18.3 Å². The van der Waals surface area contributed by atoms with Gasteiger partial charge in [-0.15, -0.1) is 24.0 Å². The zero-order valence-electron chi connectivity index (χ0n) is 19.1. The first-order valence-corrected chi connectivity index (χ1v) is 10.5. The molecule has 0 unspecified atom stereocenters. The molecule has 3 aromatic rings. The Bertz CT molecular complexity index is 1120. The first kappa shape index (κ1) is 26.0. The van der Waals surface area contributed by atoms with E-state index >= 15 is 0 Å². The molecule has 0 saturated carbocycles. The lowest BCUT2D eigenvalue weighted by Gasteiger charge is -2.14. The number of nitrogens with zero attached hydrogens (tertiary/aromatic N) is 4. The Morgan fingerprint density at radius 3 is 2.64 bits per heavy atom. The van der Waals surface area contributed by atoms with Crippen LogP contribution in [0.4, 0.5) is 5.82 Å². The molecule has 0 aliphatic carbocycles. The number of anilines is 1. The van der Waals surface area contributed by atoms with Gasteiger partial charge in [0.25, 0.3) is 0 Å². The predicted molar refractivity (Wildman–Crippen MR) is 142 cm³/mol. The second-order valence-corrected chi connectivity index (χ2v) is 7.34. The highest BCUT2D eigenvalue weighted by Crippen LogP contribution is 2.21. The van der Waals surface area contributed by atoms with E-state index in [9.17, 15) is 5.26 Å². The fourth-order valence-electron chi connectivity index (χ4n) is 3.40. The normalized spacial score (nSPS) is 10.8. The number of aryl methyl sites for hydroxylation is 2. The number of nitrogens with one attached hydrogen (secondary N) is 2. The molecule has 2 aromatic carbocycles. The standard InChI is InChI=1S/C24H29N7O.HI/c1-17-11-12-18(22(14-17)32-3)16-29-24(27-2)28-13-7-10-21-20(15-25)23(26)31(30-21)19-8-5-4-6-9-19;/h4-6,8-9,11-12,14H,7,10,13,16,26H2,1-3H3,(H2,27,28,29);1H. The fraction of sp³-hybridized carbons (Fsp3) is 0.292. The Morgan fingerprint density at radius 2 is 1.97 bits per heavy atom. The summed E-state index contributed by atoms with van der Waals surface area (Å²) in [6.07, 6.45) is 1.40. The number of nitriles is 1. The van der Waals surface area contributed by atoms with Crippen LogP contribution in [0.1, 0.15) is 28.8 Å². The lowest BCUT2D eigenvalue weighted by molar-refractivity contribution is 0.408. The third-order valence-corrected chi connectivity index (χ3v) is 5.10. The van der Waals surface area contributed by atoms with Crippen molar-refractivity contribution in [1.82, 2.24) is 20.4 Å². The van der Waals surface area contributed by atoms with Gasteiger partial charge in [0.2, 0.25) is 0 Å². The number of aliphatic imine (C=N–C) groups is 1. The van der Waals surface area contributed by atoms with Gasteiger partial charge in [-0.3, -0.25) is 4.99 Å². The maximum absolute atomic E-state index is 9.54. The Labute approximate surface area is 211 Å². The Hall–Kier alpha value is -3.26. The van der Waals surface area contributed by atoms with Crippen LogP contribution in [0.2, 0.25) is 0 Å². The van der Waals surface area contributed by atoms with Crippen LogP contribution < -0.4 is 21.1 Å². The van der Waals surface area contributed by atoms with Gasteiger partial charge >= 0.3 is 0 Å². The summed E-state index contributed by atoms with van der Waals surface area (Å²) >= 11 is 0. The van der Waals surface area contributed by atoms with E-state index in [1.54, 1.807) is 18.8 Å². The number of nitrogens with two attached hydrogens (primary N) is 1. The summed E-state index contributed by atoms with van der Waals surface area (Å²) in [6.45, 7) is 3.31. The number of methoxy groups -OCH3 is 1. The molecule has 4 N–H and O–H groups in total. The van der Waals surface area contributed by atoms with Gasteiger partial charge in [-0.2, -0.15) is 10.4 Å². The van der Waals surface area contributed by atoms with E-state index in [0.29, 0.717) is 42.5 Å². The summed E-state index contributed by atoms with van der Waals surface area (Å²) in [7, 11) is 3.41. The second-order valence-electron chi connectivity index (χ2n) is 7.34. The minimum absolute atomic E-state index is 0. The number of nitrogen functional groups attached to an aromatic ring is 1. The molecule has 8 nitrogen and oxygen atoms in total. The van der Waals surface area contributed by atoms with Crippen molar-refractivity contribution in [3.8, 4) is 17.5 Å². The summed E-state index contributed by atoms with van der Waals surface area (Å²) in [6, 6.07) is 17.9. The summed E-state index contributed by atoms with van der Waals surface area (Å²) < 4.78 is 7.08. The Balaban J connectivity index is 0.00000385. The monoisotopic (exact) mass is 559 g/mol. The molecule has 0 saturated heterocycles. The maximum Gasteiger partial charge on any atom is 0.191 e. The molecule has 0 fully saturated rings. The van der Waals surface area contributed by atoms with Crippen molar-refractivity contribution < 1.29 is 4.74 Å². The summed E-state index contributed by atoms with van der Waals surface area (Å²) in [5, 5.41) is 20.7. The fourth-order valence-corrected chi connectivity index (χ4v) is 3.40. The number of guanidine groups is 1. The number of rotatable bonds is 8. The van der Waals surface area contributed by atoms with Crippen LogP contribution in [-0.4, -0.2) is 36.4 Å². The van der Waals surface area contributed by atoms with E-state index in [0.717, 1.165) is 29.0 Å². The van der Waals surface area contributed by atoms with Crippen molar-refractivity contribution >= 4 is 35.8 Å². The number of aromatic nitrogens is 2. The second kappa shape index (κ2) is 12.7. The van der Waals surface area contributed by atoms with Crippen LogP contribution in [0.25, 0.3) is 5.69 Å². The predicted octanol–water partition coefficient (Wildman–Crippen LogP) is 3.56. The van der Waals surface area contributed by atoms with E-state index in [4.69, 9.17) is 10.5 Å². The van der Waals surface area contributed by atoms with Crippen LogP contribution in [0.3, 0.4) is 0 Å². The molecule has 0 spiro atoms. The quantitative estimate of drug-likeness (QED) is 0.168. The molecule has 0 radical (unpaired) electrons. The van der Waals surface area contributed by atoms with Crippen LogP contribution in [-0.2, 0) is 13.0 Å². The minimum Gasteiger partial charge on any atom is -0.496 e. The number of benzene rings is 2.